The maximum absolute atomic E-state index is 12.0. The van der Waals surface area contributed by atoms with Gasteiger partial charge in [0.15, 0.2) is 5.15 Å². The van der Waals surface area contributed by atoms with E-state index < -0.39 is 11.6 Å². The lowest BCUT2D eigenvalue weighted by Crippen LogP contribution is -2.31. The number of halogens is 1. The Kier molecular flexibility index (Phi) is 7.29. The van der Waals surface area contributed by atoms with Gasteiger partial charge in [-0.05, 0) is 39.2 Å². The van der Waals surface area contributed by atoms with E-state index in [1.165, 1.54) is 6.20 Å². The maximum Gasteiger partial charge on any atom is 0.218 e. The van der Waals surface area contributed by atoms with Gasteiger partial charge in [-0.15, -0.1) is 0 Å². The third kappa shape index (κ3) is 5.96. The molecule has 0 saturated heterocycles. The second kappa shape index (κ2) is 10.1. The average Bonchev–Trinajstić information content (AvgIpc) is 2.73. The summed E-state index contributed by atoms with van der Waals surface area (Å²) in [5, 5.41) is 6.23. The smallest absolute Gasteiger partial charge is 0.218 e. The molecule has 10 nitrogen and oxygen atoms in total. The fraction of sp³-hybridized carbons (Fsp3) is 0.238. The minimum atomic E-state index is -0.545. The van der Waals surface area contributed by atoms with Crippen molar-refractivity contribution in [3.05, 3.63) is 47.6 Å². The number of hydrogen-bond acceptors (Lipinski definition) is 10. The molecule has 0 fully saturated rings. The number of likely N-dealkylation sites (N-methyl/N-ethyl adjacent to an activating group) is 1. The first kappa shape index (κ1) is 23.0. The lowest BCUT2D eigenvalue weighted by molar-refractivity contribution is -0.135. The monoisotopic (exact) mass is 454 g/mol. The number of aryl methyl sites for hydroxylation is 1. The van der Waals surface area contributed by atoms with Crippen LogP contribution in [0.3, 0.4) is 0 Å². The number of aromatic nitrogens is 4. The minimum Gasteiger partial charge on any atom is -0.384 e. The van der Waals surface area contributed by atoms with E-state index in [1.54, 1.807) is 50.3 Å². The van der Waals surface area contributed by atoms with Gasteiger partial charge >= 0.3 is 0 Å². The standard InChI is InChI=1S/C21H23ClN8O2/c1-12-27-15(8-19(23)28-12)14-5-4-6-24-21(14)29-13-7-16(20(22)26-9-13)25-10-17(31)18(32)11-30(2)3/h4-9,25H,10-11H2,1-3H3,(H,24,29)(H2,23,27,28). The number of rotatable bonds is 9. The summed E-state index contributed by atoms with van der Waals surface area (Å²) in [6.45, 7) is 1.62. The fourth-order valence-corrected chi connectivity index (χ4v) is 3.04. The number of nitrogen functional groups attached to an aromatic ring is 1. The summed E-state index contributed by atoms with van der Waals surface area (Å²) < 4.78 is 0. The number of nitrogens with zero attached hydrogens (tertiary/aromatic N) is 5. The number of nitrogens with one attached hydrogen (secondary N) is 2. The molecular weight excluding hydrogens is 432 g/mol. The van der Waals surface area contributed by atoms with Gasteiger partial charge in [0.25, 0.3) is 0 Å². The van der Waals surface area contributed by atoms with Crippen molar-refractivity contribution in [2.24, 2.45) is 0 Å². The van der Waals surface area contributed by atoms with Crippen LogP contribution < -0.4 is 16.4 Å². The normalized spacial score (nSPS) is 10.8. The molecule has 0 radical (unpaired) electrons. The Balaban J connectivity index is 1.80. The first-order valence-electron chi connectivity index (χ1n) is 9.66. The molecule has 32 heavy (non-hydrogen) atoms. The summed E-state index contributed by atoms with van der Waals surface area (Å²) in [6, 6.07) is 6.99. The van der Waals surface area contributed by atoms with Crippen LogP contribution in [0.25, 0.3) is 11.3 Å². The van der Waals surface area contributed by atoms with Crippen molar-refractivity contribution in [3.8, 4) is 11.3 Å². The third-order valence-electron chi connectivity index (χ3n) is 4.25. The van der Waals surface area contributed by atoms with E-state index in [9.17, 15) is 9.59 Å². The average molecular weight is 455 g/mol. The van der Waals surface area contributed by atoms with Crippen LogP contribution in [-0.2, 0) is 9.59 Å². The van der Waals surface area contributed by atoms with Crippen molar-refractivity contribution >= 4 is 46.2 Å². The highest BCUT2D eigenvalue weighted by molar-refractivity contribution is 6.39. The molecule has 0 aliphatic heterocycles. The minimum absolute atomic E-state index is 0.0452. The zero-order valence-corrected chi connectivity index (χ0v) is 18.6. The lowest BCUT2D eigenvalue weighted by Gasteiger charge is -2.13. The van der Waals surface area contributed by atoms with Gasteiger partial charge in [0, 0.05) is 17.8 Å². The van der Waals surface area contributed by atoms with Gasteiger partial charge in [0.2, 0.25) is 11.6 Å². The Morgan fingerprint density at radius 1 is 1.16 bits per heavy atom. The Hall–Kier alpha value is -3.63. The summed E-state index contributed by atoms with van der Waals surface area (Å²) in [5.74, 6) is 0.394. The van der Waals surface area contributed by atoms with Gasteiger partial charge in [-0.2, -0.15) is 0 Å². The molecule has 0 spiro atoms. The highest BCUT2D eigenvalue weighted by Crippen LogP contribution is 2.30. The van der Waals surface area contributed by atoms with Crippen LogP contribution in [-0.4, -0.2) is 63.6 Å². The summed E-state index contributed by atoms with van der Waals surface area (Å²) in [4.78, 5) is 42.6. The third-order valence-corrected chi connectivity index (χ3v) is 4.55. The Morgan fingerprint density at radius 3 is 2.66 bits per heavy atom. The van der Waals surface area contributed by atoms with Gasteiger partial charge < -0.3 is 21.3 Å². The Morgan fingerprint density at radius 2 is 1.94 bits per heavy atom. The van der Waals surface area contributed by atoms with Crippen LogP contribution in [0.5, 0.6) is 0 Å². The molecule has 0 bridgehead atoms. The number of ketones is 2. The van der Waals surface area contributed by atoms with Crippen molar-refractivity contribution < 1.29 is 9.59 Å². The number of carbonyl (C=O) groups excluding carboxylic acids is 2. The molecule has 0 aromatic carbocycles. The second-order valence-corrected chi connectivity index (χ2v) is 7.61. The molecule has 0 aliphatic rings. The van der Waals surface area contributed by atoms with E-state index in [0.717, 1.165) is 5.56 Å². The first-order chi connectivity index (χ1) is 15.2. The van der Waals surface area contributed by atoms with Crippen molar-refractivity contribution in [1.82, 2.24) is 24.8 Å². The van der Waals surface area contributed by atoms with Crippen molar-refractivity contribution in [3.63, 3.8) is 0 Å². The zero-order chi connectivity index (χ0) is 23.3. The van der Waals surface area contributed by atoms with Crippen LogP contribution in [0, 0.1) is 6.92 Å². The van der Waals surface area contributed by atoms with Crippen molar-refractivity contribution in [2.75, 3.05) is 43.6 Å². The van der Waals surface area contributed by atoms with Crippen LogP contribution in [0.2, 0.25) is 5.15 Å². The van der Waals surface area contributed by atoms with Crippen LogP contribution in [0.4, 0.5) is 23.0 Å². The van der Waals surface area contributed by atoms with Crippen LogP contribution >= 0.6 is 11.6 Å². The van der Waals surface area contributed by atoms with Gasteiger partial charge in [0.1, 0.15) is 17.5 Å². The SMILES string of the molecule is Cc1nc(N)cc(-c2cccnc2Nc2cnc(Cl)c(NCC(=O)C(=O)CN(C)C)c2)n1. The maximum atomic E-state index is 12.0. The predicted molar refractivity (Wildman–Crippen MR) is 124 cm³/mol. The second-order valence-electron chi connectivity index (χ2n) is 7.25. The number of carbonyl (C=O) groups is 2. The fourth-order valence-electron chi connectivity index (χ4n) is 2.87. The molecule has 11 heteroatoms. The first-order valence-corrected chi connectivity index (χ1v) is 10.0. The van der Waals surface area contributed by atoms with E-state index >= 15 is 0 Å². The van der Waals surface area contributed by atoms with Crippen LogP contribution in [0.1, 0.15) is 5.82 Å². The molecule has 0 atom stereocenters. The van der Waals surface area contributed by atoms with Crippen molar-refractivity contribution in [2.45, 2.75) is 6.92 Å². The van der Waals surface area contributed by atoms with Gasteiger partial charge in [0.05, 0.1) is 36.4 Å². The summed E-state index contributed by atoms with van der Waals surface area (Å²) in [7, 11) is 3.44. The summed E-state index contributed by atoms with van der Waals surface area (Å²) in [6.07, 6.45) is 3.17. The number of anilines is 4. The molecule has 3 aromatic heterocycles. The van der Waals surface area contributed by atoms with E-state index in [0.29, 0.717) is 34.5 Å². The largest absolute Gasteiger partial charge is 0.384 e. The van der Waals surface area contributed by atoms with Crippen molar-refractivity contribution in [1.29, 1.82) is 0 Å². The highest BCUT2D eigenvalue weighted by atomic mass is 35.5. The molecule has 3 aromatic rings. The molecule has 3 rings (SSSR count). The molecular formula is C21H23ClN8O2. The number of pyridine rings is 2. The Labute approximate surface area is 190 Å². The van der Waals surface area contributed by atoms with Crippen LogP contribution in [0.15, 0.2) is 36.7 Å². The Bertz CT molecular complexity index is 1130. The molecule has 0 saturated carbocycles. The number of nitrogens with two attached hydrogens (primary N) is 1. The van der Waals surface area contributed by atoms with Gasteiger partial charge in [-0.25, -0.2) is 19.9 Å². The highest BCUT2D eigenvalue weighted by Gasteiger charge is 2.16. The molecule has 0 unspecified atom stereocenters. The number of hydrogen-bond donors (Lipinski definition) is 3. The number of Topliss-reactive ketones (excluding diaryl/α,β-unsaturated/α-hetero) is 2. The quantitative estimate of drug-likeness (QED) is 0.326. The van der Waals surface area contributed by atoms with E-state index in [4.69, 9.17) is 17.3 Å². The topological polar surface area (TPSA) is 139 Å². The zero-order valence-electron chi connectivity index (χ0n) is 17.9. The van der Waals surface area contributed by atoms with E-state index in [1.807, 2.05) is 6.07 Å². The predicted octanol–water partition coefficient (Wildman–Crippen LogP) is 2.33. The lowest BCUT2D eigenvalue weighted by atomic mass is 10.1. The molecule has 4 N–H and O–H groups in total. The molecule has 3 heterocycles. The summed E-state index contributed by atoms with van der Waals surface area (Å²) in [5.41, 5.74) is 8.18. The van der Waals surface area contributed by atoms with Gasteiger partial charge in [-0.1, -0.05) is 11.6 Å². The molecule has 0 aliphatic carbocycles. The van der Waals surface area contributed by atoms with Gasteiger partial charge in [-0.3, -0.25) is 9.59 Å². The molecule has 0 amide bonds. The summed E-state index contributed by atoms with van der Waals surface area (Å²) >= 11 is 6.16. The van der Waals surface area contributed by atoms with E-state index in [2.05, 4.69) is 30.6 Å². The molecule has 166 valence electrons. The van der Waals surface area contributed by atoms with E-state index in [-0.39, 0.29) is 18.2 Å².